The monoisotopic (exact) mass is 282 g/mol. The first-order valence-electron chi connectivity index (χ1n) is 7.77. The number of para-hydroxylation sites is 1. The molecule has 2 nitrogen and oxygen atoms in total. The lowest BCUT2D eigenvalue weighted by atomic mass is 9.86. The number of anilines is 1. The molecule has 2 aromatic rings. The standard InChI is InChI=1S/C19H26N2/c1-15(16(2)18-10-6-7-11-19(18)20)12-13-21-14-17-8-4-3-5-9-17/h3-11,15-16,21H,12-14,20H2,1-2H3. The van der Waals surface area contributed by atoms with Crippen LogP contribution in [0.5, 0.6) is 0 Å². The molecule has 0 saturated heterocycles. The molecule has 21 heavy (non-hydrogen) atoms. The van der Waals surface area contributed by atoms with Crippen LogP contribution in [0.3, 0.4) is 0 Å². The van der Waals surface area contributed by atoms with Crippen LogP contribution >= 0.6 is 0 Å². The van der Waals surface area contributed by atoms with Crippen LogP contribution in [0.1, 0.15) is 37.3 Å². The van der Waals surface area contributed by atoms with Gasteiger partial charge in [-0.2, -0.15) is 0 Å². The molecule has 0 spiro atoms. The van der Waals surface area contributed by atoms with E-state index in [0.717, 1.165) is 25.2 Å². The maximum absolute atomic E-state index is 6.07. The van der Waals surface area contributed by atoms with Gasteiger partial charge in [-0.3, -0.25) is 0 Å². The highest BCUT2D eigenvalue weighted by molar-refractivity contribution is 5.48. The molecule has 2 atom stereocenters. The molecule has 0 amide bonds. The minimum absolute atomic E-state index is 0.490. The van der Waals surface area contributed by atoms with E-state index in [0.29, 0.717) is 11.8 Å². The van der Waals surface area contributed by atoms with Crippen LogP contribution in [0, 0.1) is 5.92 Å². The number of hydrogen-bond donors (Lipinski definition) is 2. The SMILES string of the molecule is CC(CCNCc1ccccc1)C(C)c1ccccc1N. The Morgan fingerprint density at radius 3 is 2.33 bits per heavy atom. The third-order valence-corrected chi connectivity index (χ3v) is 4.29. The number of hydrogen-bond acceptors (Lipinski definition) is 2. The van der Waals surface area contributed by atoms with Crippen molar-refractivity contribution in [2.75, 3.05) is 12.3 Å². The third-order valence-electron chi connectivity index (χ3n) is 4.29. The Labute approximate surface area is 128 Å². The maximum Gasteiger partial charge on any atom is 0.0349 e. The summed E-state index contributed by atoms with van der Waals surface area (Å²) in [5.74, 6) is 1.10. The molecular weight excluding hydrogens is 256 g/mol. The molecule has 0 aliphatic heterocycles. The summed E-state index contributed by atoms with van der Waals surface area (Å²) in [6.45, 7) is 6.55. The summed E-state index contributed by atoms with van der Waals surface area (Å²) >= 11 is 0. The van der Waals surface area contributed by atoms with Gasteiger partial charge in [0.15, 0.2) is 0 Å². The highest BCUT2D eigenvalue weighted by Crippen LogP contribution is 2.29. The van der Waals surface area contributed by atoms with Gasteiger partial charge in [-0.05, 0) is 42.0 Å². The average Bonchev–Trinajstić information content (AvgIpc) is 2.52. The number of rotatable bonds is 7. The Balaban J connectivity index is 1.77. The first-order valence-corrected chi connectivity index (χ1v) is 7.77. The van der Waals surface area contributed by atoms with Crippen molar-refractivity contribution in [2.24, 2.45) is 5.92 Å². The molecular formula is C19H26N2. The van der Waals surface area contributed by atoms with Gasteiger partial charge < -0.3 is 11.1 Å². The maximum atomic E-state index is 6.07. The van der Waals surface area contributed by atoms with E-state index in [1.807, 2.05) is 12.1 Å². The third kappa shape index (κ3) is 4.61. The molecule has 3 N–H and O–H groups in total. The van der Waals surface area contributed by atoms with Crippen molar-refractivity contribution in [1.29, 1.82) is 0 Å². The predicted octanol–water partition coefficient (Wildman–Crippen LogP) is 4.19. The second-order valence-electron chi connectivity index (χ2n) is 5.85. The molecule has 0 aliphatic rings. The highest BCUT2D eigenvalue weighted by Gasteiger charge is 2.15. The van der Waals surface area contributed by atoms with Crippen molar-refractivity contribution in [2.45, 2.75) is 32.7 Å². The molecule has 0 fully saturated rings. The van der Waals surface area contributed by atoms with Crippen LogP contribution in [0.25, 0.3) is 0 Å². The molecule has 2 heteroatoms. The molecule has 0 saturated carbocycles. The highest BCUT2D eigenvalue weighted by atomic mass is 14.8. The summed E-state index contributed by atoms with van der Waals surface area (Å²) in [6.07, 6.45) is 1.16. The number of benzene rings is 2. The Morgan fingerprint density at radius 1 is 0.952 bits per heavy atom. The van der Waals surface area contributed by atoms with Gasteiger partial charge in [-0.15, -0.1) is 0 Å². The van der Waals surface area contributed by atoms with E-state index in [2.05, 4.69) is 61.6 Å². The van der Waals surface area contributed by atoms with E-state index in [4.69, 9.17) is 5.73 Å². The Bertz CT molecular complexity index is 536. The molecule has 0 aromatic heterocycles. The fraction of sp³-hybridized carbons (Fsp3) is 0.368. The topological polar surface area (TPSA) is 38.0 Å². The molecule has 2 unspecified atom stereocenters. The van der Waals surface area contributed by atoms with E-state index < -0.39 is 0 Å². The second kappa shape index (κ2) is 7.84. The van der Waals surface area contributed by atoms with E-state index in [1.54, 1.807) is 0 Å². The van der Waals surface area contributed by atoms with Gasteiger partial charge >= 0.3 is 0 Å². The van der Waals surface area contributed by atoms with Crippen LogP contribution in [0.15, 0.2) is 54.6 Å². The minimum Gasteiger partial charge on any atom is -0.398 e. The Kier molecular flexibility index (Phi) is 5.82. The number of nitrogens with one attached hydrogen (secondary N) is 1. The van der Waals surface area contributed by atoms with E-state index in [9.17, 15) is 0 Å². The molecule has 0 radical (unpaired) electrons. The van der Waals surface area contributed by atoms with Crippen LogP contribution in [-0.4, -0.2) is 6.54 Å². The molecule has 0 bridgehead atoms. The van der Waals surface area contributed by atoms with Crippen molar-refractivity contribution < 1.29 is 0 Å². The Morgan fingerprint density at radius 2 is 1.62 bits per heavy atom. The fourth-order valence-corrected chi connectivity index (χ4v) is 2.64. The lowest BCUT2D eigenvalue weighted by Crippen LogP contribution is -2.19. The van der Waals surface area contributed by atoms with Gasteiger partial charge in [0.05, 0.1) is 0 Å². The zero-order valence-electron chi connectivity index (χ0n) is 13.0. The van der Waals surface area contributed by atoms with E-state index in [1.165, 1.54) is 11.1 Å². The zero-order valence-corrected chi connectivity index (χ0v) is 13.0. The average molecular weight is 282 g/mol. The van der Waals surface area contributed by atoms with Gasteiger partial charge in [0.25, 0.3) is 0 Å². The number of nitrogens with two attached hydrogens (primary N) is 1. The first kappa shape index (κ1) is 15.6. The zero-order chi connectivity index (χ0) is 15.1. The van der Waals surface area contributed by atoms with Gasteiger partial charge in [-0.1, -0.05) is 62.4 Å². The summed E-state index contributed by atoms with van der Waals surface area (Å²) in [4.78, 5) is 0. The summed E-state index contributed by atoms with van der Waals surface area (Å²) < 4.78 is 0. The van der Waals surface area contributed by atoms with Gasteiger partial charge in [-0.25, -0.2) is 0 Å². The van der Waals surface area contributed by atoms with E-state index in [-0.39, 0.29) is 0 Å². The normalized spacial score (nSPS) is 13.8. The minimum atomic E-state index is 0.490. The van der Waals surface area contributed by atoms with Crippen molar-refractivity contribution in [3.63, 3.8) is 0 Å². The van der Waals surface area contributed by atoms with Crippen LogP contribution in [0.4, 0.5) is 5.69 Å². The second-order valence-corrected chi connectivity index (χ2v) is 5.85. The largest absolute Gasteiger partial charge is 0.398 e. The van der Waals surface area contributed by atoms with Crippen molar-refractivity contribution >= 4 is 5.69 Å². The van der Waals surface area contributed by atoms with Crippen molar-refractivity contribution in [1.82, 2.24) is 5.32 Å². The van der Waals surface area contributed by atoms with Crippen LogP contribution in [-0.2, 0) is 6.54 Å². The van der Waals surface area contributed by atoms with Crippen LogP contribution in [0.2, 0.25) is 0 Å². The smallest absolute Gasteiger partial charge is 0.0349 e. The quantitative estimate of drug-likeness (QED) is 0.590. The predicted molar refractivity (Wildman–Crippen MR) is 91.2 cm³/mol. The Hall–Kier alpha value is -1.80. The molecule has 2 aromatic carbocycles. The lowest BCUT2D eigenvalue weighted by molar-refractivity contribution is 0.437. The molecule has 2 rings (SSSR count). The molecule has 112 valence electrons. The van der Waals surface area contributed by atoms with Gasteiger partial charge in [0.1, 0.15) is 0 Å². The summed E-state index contributed by atoms with van der Waals surface area (Å²) in [7, 11) is 0. The lowest BCUT2D eigenvalue weighted by Gasteiger charge is -2.22. The van der Waals surface area contributed by atoms with E-state index >= 15 is 0 Å². The van der Waals surface area contributed by atoms with Crippen molar-refractivity contribution in [3.8, 4) is 0 Å². The molecule has 0 heterocycles. The fourth-order valence-electron chi connectivity index (χ4n) is 2.64. The van der Waals surface area contributed by atoms with Crippen molar-refractivity contribution in [3.05, 3.63) is 65.7 Å². The number of nitrogen functional groups attached to an aromatic ring is 1. The van der Waals surface area contributed by atoms with Crippen LogP contribution < -0.4 is 11.1 Å². The summed E-state index contributed by atoms with van der Waals surface area (Å²) in [5, 5.41) is 3.52. The summed E-state index contributed by atoms with van der Waals surface area (Å²) in [6, 6.07) is 18.7. The first-order chi connectivity index (χ1) is 10.2. The van der Waals surface area contributed by atoms with Gasteiger partial charge in [0.2, 0.25) is 0 Å². The van der Waals surface area contributed by atoms with Gasteiger partial charge in [0, 0.05) is 12.2 Å². The summed E-state index contributed by atoms with van der Waals surface area (Å²) in [5.41, 5.74) is 9.60. The molecule has 0 aliphatic carbocycles.